The van der Waals surface area contributed by atoms with Crippen molar-refractivity contribution in [2.24, 2.45) is 0 Å². The Kier molecular flexibility index (Phi) is 7.79. The van der Waals surface area contributed by atoms with Crippen molar-refractivity contribution in [1.82, 2.24) is 4.57 Å². The van der Waals surface area contributed by atoms with Gasteiger partial charge in [0.2, 0.25) is 0 Å². The summed E-state index contributed by atoms with van der Waals surface area (Å²) in [6.45, 7) is 0. The molecule has 0 saturated carbocycles. The highest BCUT2D eigenvalue weighted by atomic mass is 32.2. The summed E-state index contributed by atoms with van der Waals surface area (Å²) in [7, 11) is 0. The molecule has 3 heteroatoms. The van der Waals surface area contributed by atoms with E-state index in [9.17, 15) is 0 Å². The molecule has 0 unspecified atom stereocenters. The van der Waals surface area contributed by atoms with Crippen LogP contribution in [0.1, 0.15) is 22.3 Å². The van der Waals surface area contributed by atoms with Gasteiger partial charge in [-0.2, -0.15) is 0 Å². The smallest absolute Gasteiger partial charge is 0.0735 e. The zero-order chi connectivity index (χ0) is 40.8. The van der Waals surface area contributed by atoms with Crippen molar-refractivity contribution >= 4 is 61.4 Å². The number of benzene rings is 10. The van der Waals surface area contributed by atoms with Crippen molar-refractivity contribution in [3.05, 3.63) is 253 Å². The quantitative estimate of drug-likeness (QED) is 0.171. The van der Waals surface area contributed by atoms with Gasteiger partial charge in [0.15, 0.2) is 0 Å². The van der Waals surface area contributed by atoms with Gasteiger partial charge in [0, 0.05) is 43.3 Å². The van der Waals surface area contributed by atoms with Crippen molar-refractivity contribution in [2.45, 2.75) is 15.2 Å². The molecule has 1 aromatic heterocycles. The first-order valence-electron chi connectivity index (χ1n) is 21.3. The van der Waals surface area contributed by atoms with Gasteiger partial charge < -0.3 is 9.47 Å². The largest absolute Gasteiger partial charge is 0.311 e. The second-order valence-corrected chi connectivity index (χ2v) is 17.4. The molecule has 1 aliphatic carbocycles. The first kappa shape index (κ1) is 35.2. The lowest BCUT2D eigenvalue weighted by atomic mass is 9.67. The van der Waals surface area contributed by atoms with Crippen molar-refractivity contribution < 1.29 is 0 Å². The number of para-hydroxylation sites is 1. The molecule has 10 aromatic carbocycles. The van der Waals surface area contributed by atoms with Gasteiger partial charge >= 0.3 is 0 Å². The topological polar surface area (TPSA) is 8.17 Å². The summed E-state index contributed by atoms with van der Waals surface area (Å²) in [5.41, 5.74) is 16.9. The molecular weight excluding hydrogens is 769 g/mol. The minimum absolute atomic E-state index is 0.445. The predicted molar refractivity (Wildman–Crippen MR) is 260 cm³/mol. The molecule has 0 fully saturated rings. The zero-order valence-electron chi connectivity index (χ0n) is 33.7. The molecular formula is C59H38N2S. The van der Waals surface area contributed by atoms with Crippen LogP contribution in [-0.2, 0) is 5.41 Å². The minimum Gasteiger partial charge on any atom is -0.311 e. The van der Waals surface area contributed by atoms with Crippen LogP contribution in [0.2, 0.25) is 0 Å². The molecule has 1 aliphatic heterocycles. The highest BCUT2D eigenvalue weighted by Crippen LogP contribution is 2.63. The van der Waals surface area contributed by atoms with Gasteiger partial charge in [-0.1, -0.05) is 176 Å². The lowest BCUT2D eigenvalue weighted by Crippen LogP contribution is -2.32. The lowest BCUT2D eigenvalue weighted by molar-refractivity contribution is 0.726. The molecule has 13 rings (SSSR count). The van der Waals surface area contributed by atoms with E-state index in [1.54, 1.807) is 0 Å². The van der Waals surface area contributed by atoms with Gasteiger partial charge in [-0.25, -0.2) is 0 Å². The molecule has 2 aliphatic rings. The Balaban J connectivity index is 1.03. The monoisotopic (exact) mass is 806 g/mol. The molecule has 0 N–H and O–H groups in total. The van der Waals surface area contributed by atoms with E-state index in [2.05, 4.69) is 240 Å². The molecule has 62 heavy (non-hydrogen) atoms. The Morgan fingerprint density at radius 3 is 1.63 bits per heavy atom. The van der Waals surface area contributed by atoms with Crippen LogP contribution in [0, 0.1) is 0 Å². The van der Waals surface area contributed by atoms with Crippen LogP contribution >= 0.6 is 11.8 Å². The fraction of sp³-hybridized carbons (Fsp3) is 0.0169. The average molecular weight is 807 g/mol. The highest BCUT2D eigenvalue weighted by molar-refractivity contribution is 7.99. The highest BCUT2D eigenvalue weighted by Gasteiger charge is 2.50. The molecule has 0 amide bonds. The van der Waals surface area contributed by atoms with Crippen molar-refractivity contribution in [3.63, 3.8) is 0 Å². The number of hydrogen-bond acceptors (Lipinski definition) is 2. The molecule has 1 spiro atoms. The van der Waals surface area contributed by atoms with E-state index in [1.165, 1.54) is 86.9 Å². The van der Waals surface area contributed by atoms with Crippen molar-refractivity contribution in [3.8, 4) is 27.9 Å². The van der Waals surface area contributed by atoms with Crippen LogP contribution in [0.5, 0.6) is 0 Å². The lowest BCUT2D eigenvalue weighted by Gasteiger charge is -2.40. The first-order chi connectivity index (χ1) is 30.8. The van der Waals surface area contributed by atoms with E-state index >= 15 is 0 Å². The number of hydrogen-bond donors (Lipinski definition) is 0. The molecule has 2 nitrogen and oxygen atoms in total. The number of rotatable bonds is 5. The zero-order valence-corrected chi connectivity index (χ0v) is 34.6. The van der Waals surface area contributed by atoms with Crippen molar-refractivity contribution in [2.75, 3.05) is 4.90 Å². The first-order valence-corrected chi connectivity index (χ1v) is 22.2. The average Bonchev–Trinajstić information content (AvgIpc) is 3.84. The Morgan fingerprint density at radius 2 is 0.903 bits per heavy atom. The van der Waals surface area contributed by atoms with Gasteiger partial charge in [-0.05, 0) is 122 Å². The van der Waals surface area contributed by atoms with Crippen LogP contribution in [0.15, 0.2) is 240 Å². The van der Waals surface area contributed by atoms with Crippen LogP contribution in [0.25, 0.3) is 60.5 Å². The maximum absolute atomic E-state index is 2.49. The van der Waals surface area contributed by atoms with E-state index in [-0.39, 0.29) is 0 Å². The normalized spacial score (nSPS) is 13.2. The molecule has 0 radical (unpaired) electrons. The number of aromatic nitrogens is 1. The SMILES string of the molecule is c1ccc(-c2ccc(N(c3ccccc3)c3ccc(-n4c5ccc6c(c5c5c7ccccc7ccc54)Sc4ccccc4C64c5ccccc5-c5ccccc54)cc3)cc2)cc1. The van der Waals surface area contributed by atoms with Crippen LogP contribution in [0.3, 0.4) is 0 Å². The van der Waals surface area contributed by atoms with Crippen LogP contribution < -0.4 is 4.90 Å². The second-order valence-electron chi connectivity index (χ2n) is 16.4. The van der Waals surface area contributed by atoms with E-state index in [0.29, 0.717) is 0 Å². The molecule has 0 saturated heterocycles. The molecule has 290 valence electrons. The number of fused-ring (bicyclic) bond motifs is 15. The van der Waals surface area contributed by atoms with Crippen LogP contribution in [0.4, 0.5) is 17.1 Å². The summed E-state index contributed by atoms with van der Waals surface area (Å²) in [5.74, 6) is 0. The summed E-state index contributed by atoms with van der Waals surface area (Å²) in [4.78, 5) is 4.99. The molecule has 11 aromatic rings. The summed E-state index contributed by atoms with van der Waals surface area (Å²) in [5, 5.41) is 5.12. The van der Waals surface area contributed by atoms with E-state index in [4.69, 9.17) is 0 Å². The summed E-state index contributed by atoms with van der Waals surface area (Å²) in [6.07, 6.45) is 0. The van der Waals surface area contributed by atoms with Gasteiger partial charge in [-0.3, -0.25) is 0 Å². The maximum Gasteiger partial charge on any atom is 0.0735 e. The van der Waals surface area contributed by atoms with Crippen molar-refractivity contribution in [1.29, 1.82) is 0 Å². The van der Waals surface area contributed by atoms with E-state index < -0.39 is 5.41 Å². The molecule has 2 heterocycles. The third kappa shape index (κ3) is 5.00. The Labute approximate surface area is 365 Å². The molecule has 0 atom stereocenters. The van der Waals surface area contributed by atoms with E-state index in [0.717, 1.165) is 22.7 Å². The number of anilines is 3. The fourth-order valence-corrected chi connectivity index (χ4v) is 12.0. The van der Waals surface area contributed by atoms with Gasteiger partial charge in [0.1, 0.15) is 0 Å². The van der Waals surface area contributed by atoms with Gasteiger partial charge in [0.25, 0.3) is 0 Å². The standard InChI is InChI=1S/C59H38N2S/c1-3-15-39(16-4-1)40-27-30-43(31-28-40)60(42-18-5-2-6-19-42)44-32-34-45(35-33-44)61-53-37-29-41-17-7-8-20-46(41)56(53)57-54(61)38-36-52-58(57)62-55-26-14-13-25-51(55)59(52)49-23-11-9-21-47(49)48-22-10-12-24-50(48)59/h1-38H. The van der Waals surface area contributed by atoms with Gasteiger partial charge in [-0.15, -0.1) is 0 Å². The summed E-state index contributed by atoms with van der Waals surface area (Å²) >= 11 is 1.94. The third-order valence-corrected chi connectivity index (χ3v) is 14.5. The summed E-state index contributed by atoms with van der Waals surface area (Å²) < 4.78 is 2.49. The maximum atomic E-state index is 2.49. The summed E-state index contributed by atoms with van der Waals surface area (Å²) in [6, 6.07) is 85.0. The van der Waals surface area contributed by atoms with Crippen LogP contribution in [-0.4, -0.2) is 4.57 Å². The fourth-order valence-electron chi connectivity index (χ4n) is 10.7. The second kappa shape index (κ2) is 13.7. The predicted octanol–water partition coefficient (Wildman–Crippen LogP) is 15.9. The van der Waals surface area contributed by atoms with E-state index in [1.807, 2.05) is 11.8 Å². The Morgan fingerprint density at radius 1 is 0.371 bits per heavy atom. The third-order valence-electron chi connectivity index (χ3n) is 13.2. The Hall–Kier alpha value is -7.59. The number of nitrogens with zero attached hydrogens (tertiary/aromatic N) is 2. The minimum atomic E-state index is -0.445. The van der Waals surface area contributed by atoms with Gasteiger partial charge in [0.05, 0.1) is 16.4 Å². The Bertz CT molecular complexity index is 3490. The molecule has 0 bridgehead atoms.